The highest BCUT2D eigenvalue weighted by atomic mass is 16.9. The molecule has 106 valence electrons. The van der Waals surface area contributed by atoms with Gasteiger partial charge >= 0.3 is 11.9 Å². The van der Waals surface area contributed by atoms with Gasteiger partial charge in [0.05, 0.1) is 26.4 Å². The summed E-state index contributed by atoms with van der Waals surface area (Å²) in [6.45, 7) is 7.87. The first-order chi connectivity index (χ1) is 8.45. The van der Waals surface area contributed by atoms with E-state index < -0.39 is 11.9 Å². The fourth-order valence-electron chi connectivity index (χ4n) is 1.20. The van der Waals surface area contributed by atoms with Crippen molar-refractivity contribution in [1.82, 2.24) is 0 Å². The standard InChI is InChI=1S/C12H22O6/c1-5-15-11(13,14)9-10-12(16-6-2,17-7-3)18-8-4/h13-14H,5-8H2,1-4H3. The monoisotopic (exact) mass is 262 g/mol. The van der Waals surface area contributed by atoms with Crippen molar-refractivity contribution >= 4 is 0 Å². The van der Waals surface area contributed by atoms with Crippen molar-refractivity contribution in [3.05, 3.63) is 0 Å². The van der Waals surface area contributed by atoms with Crippen molar-refractivity contribution in [2.24, 2.45) is 0 Å². The van der Waals surface area contributed by atoms with Crippen molar-refractivity contribution in [3.8, 4) is 11.8 Å². The van der Waals surface area contributed by atoms with Gasteiger partial charge < -0.3 is 29.2 Å². The van der Waals surface area contributed by atoms with Gasteiger partial charge in [0.1, 0.15) is 0 Å². The average molecular weight is 262 g/mol. The summed E-state index contributed by atoms with van der Waals surface area (Å²) in [4.78, 5) is 0. The van der Waals surface area contributed by atoms with Crippen LogP contribution in [0.3, 0.4) is 0 Å². The third-order valence-corrected chi connectivity index (χ3v) is 1.73. The van der Waals surface area contributed by atoms with Crippen LogP contribution in [0, 0.1) is 11.8 Å². The fraction of sp³-hybridized carbons (Fsp3) is 0.833. The van der Waals surface area contributed by atoms with Crippen LogP contribution >= 0.6 is 0 Å². The van der Waals surface area contributed by atoms with Crippen LogP contribution in [-0.4, -0.2) is 48.6 Å². The Hall–Kier alpha value is -0.680. The average Bonchev–Trinajstić information content (AvgIpc) is 2.28. The van der Waals surface area contributed by atoms with Crippen LogP contribution in [0.2, 0.25) is 0 Å². The maximum absolute atomic E-state index is 9.38. The molecular formula is C12H22O6. The molecule has 0 unspecified atom stereocenters. The Bertz CT molecular complexity index is 261. The second-order valence-corrected chi connectivity index (χ2v) is 3.15. The van der Waals surface area contributed by atoms with Crippen LogP contribution in [0.25, 0.3) is 0 Å². The SMILES string of the molecule is CCOC(O)(O)C#CC(OCC)(OCC)OCC. The second kappa shape index (κ2) is 8.43. The summed E-state index contributed by atoms with van der Waals surface area (Å²) in [5.41, 5.74) is 0. The Morgan fingerprint density at radius 1 is 0.722 bits per heavy atom. The van der Waals surface area contributed by atoms with Crippen molar-refractivity contribution in [3.63, 3.8) is 0 Å². The van der Waals surface area contributed by atoms with E-state index >= 15 is 0 Å². The van der Waals surface area contributed by atoms with Crippen LogP contribution in [0.1, 0.15) is 27.7 Å². The lowest BCUT2D eigenvalue weighted by Gasteiger charge is -2.27. The van der Waals surface area contributed by atoms with Gasteiger partial charge in [0, 0.05) is 11.8 Å². The Morgan fingerprint density at radius 3 is 1.44 bits per heavy atom. The number of hydrogen-bond acceptors (Lipinski definition) is 6. The van der Waals surface area contributed by atoms with Gasteiger partial charge in [0.2, 0.25) is 0 Å². The van der Waals surface area contributed by atoms with Crippen molar-refractivity contribution in [2.75, 3.05) is 26.4 Å². The molecular weight excluding hydrogens is 240 g/mol. The van der Waals surface area contributed by atoms with Crippen molar-refractivity contribution in [2.45, 2.75) is 39.6 Å². The number of aliphatic hydroxyl groups is 2. The van der Waals surface area contributed by atoms with Gasteiger partial charge in [0.25, 0.3) is 0 Å². The summed E-state index contributed by atoms with van der Waals surface area (Å²) in [6, 6.07) is 0. The van der Waals surface area contributed by atoms with Crippen LogP contribution < -0.4 is 0 Å². The lowest BCUT2D eigenvalue weighted by molar-refractivity contribution is -0.340. The molecule has 0 rings (SSSR count). The lowest BCUT2D eigenvalue weighted by Crippen LogP contribution is -2.39. The van der Waals surface area contributed by atoms with E-state index in [2.05, 4.69) is 16.6 Å². The molecule has 0 aromatic rings. The highest BCUT2D eigenvalue weighted by Gasteiger charge is 2.32. The summed E-state index contributed by atoms with van der Waals surface area (Å²) in [5.74, 6) is 0.383. The molecule has 0 aliphatic rings. The summed E-state index contributed by atoms with van der Waals surface area (Å²) in [7, 11) is 0. The van der Waals surface area contributed by atoms with Crippen LogP contribution in [-0.2, 0) is 18.9 Å². The van der Waals surface area contributed by atoms with E-state index in [1.54, 1.807) is 27.7 Å². The van der Waals surface area contributed by atoms with Crippen LogP contribution in [0.4, 0.5) is 0 Å². The Labute approximate surface area is 108 Å². The van der Waals surface area contributed by atoms with Crippen LogP contribution in [0.5, 0.6) is 0 Å². The highest BCUT2D eigenvalue weighted by Crippen LogP contribution is 2.15. The van der Waals surface area contributed by atoms with Gasteiger partial charge in [-0.2, -0.15) is 0 Å². The molecule has 0 aromatic heterocycles. The molecule has 0 aromatic carbocycles. The predicted molar refractivity (Wildman–Crippen MR) is 64.2 cm³/mol. The molecule has 0 saturated carbocycles. The molecule has 0 heterocycles. The quantitative estimate of drug-likeness (QED) is 0.488. The fourth-order valence-corrected chi connectivity index (χ4v) is 1.20. The maximum atomic E-state index is 9.38. The van der Waals surface area contributed by atoms with Crippen molar-refractivity contribution < 1.29 is 29.2 Å². The van der Waals surface area contributed by atoms with E-state index in [9.17, 15) is 10.2 Å². The summed E-state index contributed by atoms with van der Waals surface area (Å²) >= 11 is 0. The zero-order valence-corrected chi connectivity index (χ0v) is 11.4. The third kappa shape index (κ3) is 6.31. The third-order valence-electron chi connectivity index (χ3n) is 1.73. The van der Waals surface area contributed by atoms with E-state index in [1.165, 1.54) is 0 Å². The highest BCUT2D eigenvalue weighted by molar-refractivity contribution is 5.11. The summed E-state index contributed by atoms with van der Waals surface area (Å²) in [6.07, 6.45) is 0. The lowest BCUT2D eigenvalue weighted by atomic mass is 10.4. The molecule has 6 heteroatoms. The van der Waals surface area contributed by atoms with Crippen LogP contribution in [0.15, 0.2) is 0 Å². The van der Waals surface area contributed by atoms with E-state index in [1.807, 2.05) is 0 Å². The molecule has 2 N–H and O–H groups in total. The molecule has 6 nitrogen and oxygen atoms in total. The number of ether oxygens (including phenoxy) is 4. The Morgan fingerprint density at radius 2 is 1.11 bits per heavy atom. The number of hydrogen-bond donors (Lipinski definition) is 2. The molecule has 0 aliphatic heterocycles. The van der Waals surface area contributed by atoms with Gasteiger partial charge in [-0.3, -0.25) is 0 Å². The first-order valence-corrected chi connectivity index (χ1v) is 6.00. The van der Waals surface area contributed by atoms with E-state index in [0.29, 0.717) is 19.8 Å². The molecule has 0 amide bonds. The first kappa shape index (κ1) is 17.3. The molecule has 0 spiro atoms. The molecule has 18 heavy (non-hydrogen) atoms. The van der Waals surface area contributed by atoms with Gasteiger partial charge in [-0.05, 0) is 27.7 Å². The summed E-state index contributed by atoms with van der Waals surface area (Å²) < 4.78 is 20.5. The Kier molecular flexibility index (Phi) is 8.11. The largest absolute Gasteiger partial charge is 0.353 e. The van der Waals surface area contributed by atoms with E-state index in [-0.39, 0.29) is 6.61 Å². The summed E-state index contributed by atoms with van der Waals surface area (Å²) in [5, 5.41) is 18.8. The molecule has 0 saturated heterocycles. The normalized spacial score (nSPS) is 12.1. The van der Waals surface area contributed by atoms with Gasteiger partial charge in [-0.25, -0.2) is 0 Å². The molecule has 0 atom stereocenters. The second-order valence-electron chi connectivity index (χ2n) is 3.15. The van der Waals surface area contributed by atoms with Crippen molar-refractivity contribution in [1.29, 1.82) is 0 Å². The minimum Gasteiger partial charge on any atom is -0.333 e. The van der Waals surface area contributed by atoms with Gasteiger partial charge in [-0.1, -0.05) is 0 Å². The van der Waals surface area contributed by atoms with E-state index in [0.717, 1.165) is 0 Å². The minimum atomic E-state index is -2.55. The molecule has 0 fully saturated rings. The Balaban J connectivity index is 5.00. The zero-order chi connectivity index (χ0) is 14.1. The first-order valence-electron chi connectivity index (χ1n) is 6.00. The maximum Gasteiger partial charge on any atom is 0.353 e. The topological polar surface area (TPSA) is 77.4 Å². The minimum absolute atomic E-state index is 0.104. The molecule has 0 radical (unpaired) electrons. The molecule has 0 bridgehead atoms. The predicted octanol–water partition coefficient (Wildman–Crippen LogP) is 0.428. The smallest absolute Gasteiger partial charge is 0.333 e. The van der Waals surface area contributed by atoms with E-state index in [4.69, 9.17) is 14.2 Å². The molecule has 0 aliphatic carbocycles. The van der Waals surface area contributed by atoms with Gasteiger partial charge in [-0.15, -0.1) is 0 Å². The van der Waals surface area contributed by atoms with Gasteiger partial charge in [0.15, 0.2) is 0 Å². The zero-order valence-electron chi connectivity index (χ0n) is 11.4. The number of rotatable bonds is 8.